The number of anilines is 1. The second-order valence-electron chi connectivity index (χ2n) is 1.81. The minimum absolute atomic E-state index is 0. The molecule has 0 saturated heterocycles. The predicted octanol–water partition coefficient (Wildman–Crippen LogP) is 0.0998. The van der Waals surface area contributed by atoms with Gasteiger partial charge in [0.25, 0.3) is 0 Å². The van der Waals surface area contributed by atoms with Gasteiger partial charge in [0.1, 0.15) is 11.3 Å². The van der Waals surface area contributed by atoms with Gasteiger partial charge in [0.15, 0.2) is 0 Å². The molecule has 0 aromatic carbocycles. The zero-order valence-corrected chi connectivity index (χ0v) is 7.87. The van der Waals surface area contributed by atoms with Crippen LogP contribution < -0.4 is 11.2 Å². The first-order valence-electron chi connectivity index (χ1n) is 2.53. The highest BCUT2D eigenvalue weighted by Crippen LogP contribution is 1.83. The molecule has 0 spiro atoms. The van der Waals surface area contributed by atoms with Gasteiger partial charge in [0.05, 0.1) is 6.33 Å². The van der Waals surface area contributed by atoms with E-state index in [2.05, 4.69) is 4.98 Å². The molecule has 0 bridgehead atoms. The first kappa shape index (κ1) is 9.41. The Labute approximate surface area is 75.6 Å². The standard InChI is InChI=1S/C5H8N4.HI/c1-9-3-8-4(6)2-5(9)7;/h2-3,7H,6H2,1H3;1H. The van der Waals surface area contributed by atoms with E-state index in [1.807, 2.05) is 0 Å². The highest BCUT2D eigenvalue weighted by atomic mass is 127. The molecular weight excluding hydrogens is 243 g/mol. The van der Waals surface area contributed by atoms with Crippen LogP contribution >= 0.6 is 24.0 Å². The number of hydrogen-bond donors (Lipinski definition) is 2. The maximum atomic E-state index is 7.20. The fraction of sp³-hybridized carbons (Fsp3) is 0.200. The fourth-order valence-corrected chi connectivity index (χ4v) is 0.495. The zero-order chi connectivity index (χ0) is 6.85. The van der Waals surface area contributed by atoms with Crippen molar-refractivity contribution >= 4 is 29.8 Å². The molecule has 1 rings (SSSR count). The molecule has 0 saturated carbocycles. The van der Waals surface area contributed by atoms with Crippen molar-refractivity contribution < 1.29 is 0 Å². The van der Waals surface area contributed by atoms with Crippen LogP contribution in [0.4, 0.5) is 5.82 Å². The molecule has 1 aromatic heterocycles. The number of hydrogen-bond acceptors (Lipinski definition) is 3. The van der Waals surface area contributed by atoms with Gasteiger partial charge < -0.3 is 10.3 Å². The molecule has 0 aliphatic rings. The van der Waals surface area contributed by atoms with Gasteiger partial charge in [-0.05, 0) is 0 Å². The van der Waals surface area contributed by atoms with Crippen molar-refractivity contribution in [2.75, 3.05) is 5.73 Å². The molecule has 0 atom stereocenters. The average molecular weight is 252 g/mol. The van der Waals surface area contributed by atoms with Crippen LogP contribution in [0.25, 0.3) is 0 Å². The zero-order valence-electron chi connectivity index (χ0n) is 5.53. The first-order chi connectivity index (χ1) is 4.20. The maximum Gasteiger partial charge on any atom is 0.129 e. The molecule has 0 amide bonds. The van der Waals surface area contributed by atoms with Crippen LogP contribution in [0.5, 0.6) is 0 Å². The van der Waals surface area contributed by atoms with E-state index in [0.717, 1.165) is 0 Å². The smallest absolute Gasteiger partial charge is 0.129 e. The molecule has 3 N–H and O–H groups in total. The summed E-state index contributed by atoms with van der Waals surface area (Å²) in [7, 11) is 1.74. The summed E-state index contributed by atoms with van der Waals surface area (Å²) in [6.07, 6.45) is 1.51. The molecule has 4 nitrogen and oxygen atoms in total. The molecule has 1 aromatic rings. The van der Waals surface area contributed by atoms with E-state index in [-0.39, 0.29) is 24.0 Å². The topological polar surface area (TPSA) is 67.7 Å². The summed E-state index contributed by atoms with van der Waals surface area (Å²) >= 11 is 0. The van der Waals surface area contributed by atoms with Crippen molar-refractivity contribution in [3.05, 3.63) is 17.9 Å². The van der Waals surface area contributed by atoms with Gasteiger partial charge in [-0.2, -0.15) is 0 Å². The van der Waals surface area contributed by atoms with Crippen molar-refractivity contribution in [2.45, 2.75) is 0 Å². The third-order valence-corrected chi connectivity index (χ3v) is 1.04. The van der Waals surface area contributed by atoms with Crippen molar-refractivity contribution in [3.63, 3.8) is 0 Å². The van der Waals surface area contributed by atoms with Gasteiger partial charge in [-0.25, -0.2) is 4.98 Å². The molecule has 0 aliphatic heterocycles. The molecule has 1 heterocycles. The summed E-state index contributed by atoms with van der Waals surface area (Å²) in [5.74, 6) is 0.387. The van der Waals surface area contributed by atoms with Gasteiger partial charge in [0.2, 0.25) is 0 Å². The van der Waals surface area contributed by atoms with E-state index in [1.165, 1.54) is 12.4 Å². The lowest BCUT2D eigenvalue weighted by Gasteiger charge is -1.95. The Hall–Kier alpha value is -0.590. The van der Waals surface area contributed by atoms with Crippen molar-refractivity contribution in [1.29, 1.82) is 5.41 Å². The lowest BCUT2D eigenvalue weighted by Crippen LogP contribution is -2.16. The number of nitrogens with two attached hydrogens (primary N) is 1. The van der Waals surface area contributed by atoms with Gasteiger partial charge >= 0.3 is 0 Å². The van der Waals surface area contributed by atoms with Crippen LogP contribution in [0.15, 0.2) is 12.4 Å². The number of nitrogens with zero attached hydrogens (tertiary/aromatic N) is 2. The minimum atomic E-state index is 0. The van der Waals surface area contributed by atoms with Crippen LogP contribution in [-0.2, 0) is 7.05 Å². The Kier molecular flexibility index (Phi) is 3.34. The summed E-state index contributed by atoms with van der Waals surface area (Å²) in [5.41, 5.74) is 5.65. The number of aromatic nitrogens is 2. The van der Waals surface area contributed by atoms with E-state index in [9.17, 15) is 0 Å². The SMILES string of the molecule is Cn1cnc(N)cc1=N.I. The summed E-state index contributed by atoms with van der Waals surface area (Å²) in [4.78, 5) is 3.76. The molecule has 0 aliphatic carbocycles. The third-order valence-electron chi connectivity index (χ3n) is 1.04. The van der Waals surface area contributed by atoms with E-state index in [1.54, 1.807) is 11.6 Å². The lowest BCUT2D eigenvalue weighted by molar-refractivity contribution is 0.790. The van der Waals surface area contributed by atoms with Crippen molar-refractivity contribution in [3.8, 4) is 0 Å². The molecule has 56 valence electrons. The van der Waals surface area contributed by atoms with Crippen molar-refractivity contribution in [2.24, 2.45) is 7.05 Å². The van der Waals surface area contributed by atoms with Crippen LogP contribution in [0, 0.1) is 5.41 Å². The Bertz CT molecular complexity index is 267. The second kappa shape index (κ2) is 3.55. The van der Waals surface area contributed by atoms with E-state index in [4.69, 9.17) is 11.1 Å². The maximum absolute atomic E-state index is 7.20. The number of nitrogens with one attached hydrogen (secondary N) is 1. The average Bonchev–Trinajstić information content (AvgIpc) is 1.80. The van der Waals surface area contributed by atoms with Gasteiger partial charge in [-0.15, -0.1) is 24.0 Å². The van der Waals surface area contributed by atoms with Gasteiger partial charge in [-0.1, -0.05) is 0 Å². The summed E-state index contributed by atoms with van der Waals surface area (Å²) < 4.78 is 1.58. The number of halogens is 1. The highest BCUT2D eigenvalue weighted by molar-refractivity contribution is 14.0. The normalized spacial score (nSPS) is 8.50. The van der Waals surface area contributed by atoms with Crippen LogP contribution in [0.1, 0.15) is 0 Å². The van der Waals surface area contributed by atoms with Crippen LogP contribution in [0.2, 0.25) is 0 Å². The third kappa shape index (κ3) is 1.98. The Morgan fingerprint density at radius 3 is 2.70 bits per heavy atom. The Balaban J connectivity index is 0.000000810. The predicted molar refractivity (Wildman–Crippen MR) is 48.9 cm³/mol. The van der Waals surface area contributed by atoms with E-state index < -0.39 is 0 Å². The van der Waals surface area contributed by atoms with E-state index in [0.29, 0.717) is 11.3 Å². The van der Waals surface area contributed by atoms with Crippen LogP contribution in [0.3, 0.4) is 0 Å². The fourth-order valence-electron chi connectivity index (χ4n) is 0.495. The molecule has 10 heavy (non-hydrogen) atoms. The van der Waals surface area contributed by atoms with E-state index >= 15 is 0 Å². The molecule has 0 unspecified atom stereocenters. The molecule has 5 heteroatoms. The summed E-state index contributed by atoms with van der Waals surface area (Å²) in [6, 6.07) is 1.50. The number of aryl methyl sites for hydroxylation is 1. The van der Waals surface area contributed by atoms with Gasteiger partial charge in [-0.3, -0.25) is 5.41 Å². The lowest BCUT2D eigenvalue weighted by atomic mass is 10.6. The number of rotatable bonds is 0. The monoisotopic (exact) mass is 252 g/mol. The Morgan fingerprint density at radius 1 is 1.70 bits per heavy atom. The van der Waals surface area contributed by atoms with Gasteiger partial charge in [0, 0.05) is 13.1 Å². The second-order valence-corrected chi connectivity index (χ2v) is 1.81. The number of nitrogen functional groups attached to an aromatic ring is 1. The molecular formula is C5H9IN4. The minimum Gasteiger partial charge on any atom is -0.384 e. The summed E-state index contributed by atoms with van der Waals surface area (Å²) in [6.45, 7) is 0. The quantitative estimate of drug-likeness (QED) is 0.643. The summed E-state index contributed by atoms with van der Waals surface area (Å²) in [5, 5.41) is 7.20. The molecule has 0 radical (unpaired) electrons. The first-order valence-corrected chi connectivity index (χ1v) is 2.53. The largest absolute Gasteiger partial charge is 0.384 e. The van der Waals surface area contributed by atoms with Crippen LogP contribution in [-0.4, -0.2) is 9.55 Å². The Morgan fingerprint density at radius 2 is 2.30 bits per heavy atom. The molecule has 0 fully saturated rings. The van der Waals surface area contributed by atoms with Crippen molar-refractivity contribution in [1.82, 2.24) is 9.55 Å². The highest BCUT2D eigenvalue weighted by Gasteiger charge is 1.85.